The lowest BCUT2D eigenvalue weighted by molar-refractivity contribution is -0.135. The van der Waals surface area contributed by atoms with Crippen LogP contribution in [0.5, 0.6) is 5.75 Å². The third kappa shape index (κ3) is 4.05. The molecular formula is C26H31N7O2. The Hall–Kier alpha value is -3.72. The van der Waals surface area contributed by atoms with Gasteiger partial charge in [-0.3, -0.25) is 9.89 Å². The highest BCUT2D eigenvalue weighted by molar-refractivity contribution is 5.83. The highest BCUT2D eigenvalue weighted by Gasteiger charge is 2.29. The van der Waals surface area contributed by atoms with Gasteiger partial charge in [-0.25, -0.2) is 9.50 Å². The molecule has 9 nitrogen and oxygen atoms in total. The van der Waals surface area contributed by atoms with E-state index in [4.69, 9.17) is 9.84 Å². The molecule has 1 saturated heterocycles. The van der Waals surface area contributed by atoms with Crippen LogP contribution in [0.1, 0.15) is 50.3 Å². The van der Waals surface area contributed by atoms with E-state index in [1.165, 1.54) is 6.33 Å². The predicted molar refractivity (Wildman–Crippen MR) is 134 cm³/mol. The van der Waals surface area contributed by atoms with Crippen LogP contribution in [0, 0.1) is 0 Å². The van der Waals surface area contributed by atoms with Gasteiger partial charge in [-0.2, -0.15) is 10.2 Å². The van der Waals surface area contributed by atoms with Crippen molar-refractivity contribution in [3.05, 3.63) is 54.0 Å². The largest absolute Gasteiger partial charge is 0.493 e. The van der Waals surface area contributed by atoms with Gasteiger partial charge in [-0.1, -0.05) is 38.1 Å². The number of amides is 1. The standard InChI is InChI=1S/C26H31N7O2/c1-15(2)22-23(30-31-24(22)19-12-21(35-5)25-28-14-29-33(25)13-19)18-8-6-17(7-9-18)16(3)32(4)26(34)20-10-11-27-20/h6-9,12-16,20,27H,10-11H2,1-5H3,(H,30,31)/t16-,20-/m0/s1. The SMILES string of the molecule is COc1cc(-c2n[nH]c(-c3ccc([C@H](C)N(C)C(=O)[C@@H]4CCN4)cc3)c2C(C)C)cn2ncnc12. The number of hydrogen-bond acceptors (Lipinski definition) is 6. The molecule has 182 valence electrons. The van der Waals surface area contributed by atoms with Crippen molar-refractivity contribution in [3.8, 4) is 28.3 Å². The summed E-state index contributed by atoms with van der Waals surface area (Å²) in [4.78, 5) is 18.7. The lowest BCUT2D eigenvalue weighted by Gasteiger charge is -2.34. The van der Waals surface area contributed by atoms with Gasteiger partial charge in [0.2, 0.25) is 5.91 Å². The van der Waals surface area contributed by atoms with Crippen LogP contribution in [0.2, 0.25) is 0 Å². The highest BCUT2D eigenvalue weighted by Crippen LogP contribution is 2.37. The van der Waals surface area contributed by atoms with Gasteiger partial charge >= 0.3 is 0 Å². The minimum absolute atomic E-state index is 0.0114. The van der Waals surface area contributed by atoms with Crippen molar-refractivity contribution in [2.75, 3.05) is 20.7 Å². The number of aromatic amines is 1. The number of carbonyl (C=O) groups excluding carboxylic acids is 1. The second-order valence-corrected chi connectivity index (χ2v) is 9.38. The molecule has 0 saturated carbocycles. The number of H-pyrrole nitrogens is 1. The third-order valence-electron chi connectivity index (χ3n) is 6.95. The van der Waals surface area contributed by atoms with Crippen LogP contribution in [-0.2, 0) is 4.79 Å². The average molecular weight is 474 g/mol. The molecule has 35 heavy (non-hydrogen) atoms. The van der Waals surface area contributed by atoms with Crippen LogP contribution in [-0.4, -0.2) is 62.3 Å². The van der Waals surface area contributed by atoms with Crippen LogP contribution in [0.3, 0.4) is 0 Å². The van der Waals surface area contributed by atoms with Gasteiger partial charge in [-0.05, 0) is 43.0 Å². The van der Waals surface area contributed by atoms with E-state index in [9.17, 15) is 4.79 Å². The number of likely N-dealkylation sites (N-methyl/N-ethyl adjacent to an activating group) is 1. The normalized spacial score (nSPS) is 16.3. The molecule has 5 rings (SSSR count). The van der Waals surface area contributed by atoms with E-state index in [2.05, 4.69) is 65.5 Å². The zero-order chi connectivity index (χ0) is 24.7. The minimum atomic E-state index is -0.0471. The molecule has 2 atom stereocenters. The second kappa shape index (κ2) is 9.14. The van der Waals surface area contributed by atoms with E-state index >= 15 is 0 Å². The Balaban J connectivity index is 1.46. The van der Waals surface area contributed by atoms with E-state index in [0.717, 1.165) is 46.6 Å². The van der Waals surface area contributed by atoms with Crippen molar-refractivity contribution in [3.63, 3.8) is 0 Å². The molecule has 1 fully saturated rings. The van der Waals surface area contributed by atoms with Gasteiger partial charge in [0.05, 0.1) is 30.6 Å². The first-order valence-corrected chi connectivity index (χ1v) is 12.0. The maximum Gasteiger partial charge on any atom is 0.240 e. The number of nitrogens with one attached hydrogen (secondary N) is 2. The number of ether oxygens (including phenoxy) is 1. The number of benzene rings is 1. The Morgan fingerprint density at radius 1 is 1.20 bits per heavy atom. The molecule has 0 spiro atoms. The fourth-order valence-corrected chi connectivity index (χ4v) is 4.62. The molecule has 1 aliphatic heterocycles. The first-order valence-electron chi connectivity index (χ1n) is 12.0. The van der Waals surface area contributed by atoms with Crippen LogP contribution >= 0.6 is 0 Å². The van der Waals surface area contributed by atoms with Crippen LogP contribution < -0.4 is 10.1 Å². The Morgan fingerprint density at radius 3 is 2.57 bits per heavy atom. The molecule has 9 heteroatoms. The van der Waals surface area contributed by atoms with Gasteiger partial charge in [0.15, 0.2) is 11.4 Å². The summed E-state index contributed by atoms with van der Waals surface area (Å²) in [6.07, 6.45) is 4.34. The number of pyridine rings is 1. The molecule has 1 aromatic carbocycles. The molecular weight excluding hydrogens is 442 g/mol. The summed E-state index contributed by atoms with van der Waals surface area (Å²) in [6, 6.07) is 10.3. The Morgan fingerprint density at radius 2 is 1.94 bits per heavy atom. The average Bonchev–Trinajstić information content (AvgIpc) is 3.48. The topological polar surface area (TPSA) is 100 Å². The smallest absolute Gasteiger partial charge is 0.240 e. The molecule has 0 unspecified atom stereocenters. The second-order valence-electron chi connectivity index (χ2n) is 9.38. The molecule has 0 aliphatic carbocycles. The van der Waals surface area contributed by atoms with Gasteiger partial charge < -0.3 is 15.0 Å². The van der Waals surface area contributed by atoms with Crippen LogP contribution in [0.25, 0.3) is 28.2 Å². The van der Waals surface area contributed by atoms with Gasteiger partial charge in [0.1, 0.15) is 6.33 Å². The molecule has 1 amide bonds. The zero-order valence-electron chi connectivity index (χ0n) is 20.7. The summed E-state index contributed by atoms with van der Waals surface area (Å²) in [5.74, 6) is 1.02. The fourth-order valence-electron chi connectivity index (χ4n) is 4.62. The first-order chi connectivity index (χ1) is 16.9. The number of carbonyl (C=O) groups is 1. The molecule has 0 bridgehead atoms. The minimum Gasteiger partial charge on any atom is -0.493 e. The van der Waals surface area contributed by atoms with E-state index < -0.39 is 0 Å². The number of nitrogens with zero attached hydrogens (tertiary/aromatic N) is 5. The maximum absolute atomic E-state index is 12.6. The summed E-state index contributed by atoms with van der Waals surface area (Å²) in [5.41, 5.74) is 6.68. The summed E-state index contributed by atoms with van der Waals surface area (Å²) in [6.45, 7) is 7.30. The Bertz CT molecular complexity index is 1350. The summed E-state index contributed by atoms with van der Waals surface area (Å²) in [5, 5.41) is 15.4. The van der Waals surface area contributed by atoms with Crippen LogP contribution in [0.15, 0.2) is 42.9 Å². The molecule has 4 heterocycles. The Kier molecular flexibility index (Phi) is 6.02. The quantitative estimate of drug-likeness (QED) is 0.424. The predicted octanol–water partition coefficient (Wildman–Crippen LogP) is 3.80. The van der Waals surface area contributed by atoms with Crippen molar-refractivity contribution >= 4 is 11.6 Å². The Labute approximate surface area is 204 Å². The van der Waals surface area contributed by atoms with Crippen molar-refractivity contribution in [2.45, 2.75) is 45.2 Å². The van der Waals surface area contributed by atoms with E-state index in [-0.39, 0.29) is 23.9 Å². The summed E-state index contributed by atoms with van der Waals surface area (Å²) < 4.78 is 7.25. The molecule has 4 aromatic rings. The van der Waals surface area contributed by atoms with Gasteiger partial charge in [-0.15, -0.1) is 0 Å². The highest BCUT2D eigenvalue weighted by atomic mass is 16.5. The molecule has 3 aromatic heterocycles. The third-order valence-corrected chi connectivity index (χ3v) is 6.95. The molecule has 2 N–H and O–H groups in total. The van der Waals surface area contributed by atoms with Gasteiger partial charge in [0.25, 0.3) is 0 Å². The van der Waals surface area contributed by atoms with E-state index in [1.54, 1.807) is 11.6 Å². The maximum atomic E-state index is 12.6. The van der Waals surface area contributed by atoms with Crippen LogP contribution in [0.4, 0.5) is 0 Å². The van der Waals surface area contributed by atoms with Crippen molar-refractivity contribution in [1.82, 2.24) is 35.0 Å². The zero-order valence-corrected chi connectivity index (χ0v) is 20.7. The molecule has 1 aliphatic rings. The lowest BCUT2D eigenvalue weighted by Crippen LogP contribution is -2.53. The first kappa shape index (κ1) is 23.0. The summed E-state index contributed by atoms with van der Waals surface area (Å²) >= 11 is 0. The number of methoxy groups -OCH3 is 1. The van der Waals surface area contributed by atoms with Gasteiger partial charge in [0, 0.05) is 24.4 Å². The summed E-state index contributed by atoms with van der Waals surface area (Å²) in [7, 11) is 3.50. The van der Waals surface area contributed by atoms with Crippen molar-refractivity contribution in [2.24, 2.45) is 0 Å². The van der Waals surface area contributed by atoms with E-state index in [1.807, 2.05) is 24.2 Å². The lowest BCUT2D eigenvalue weighted by atomic mass is 9.93. The van der Waals surface area contributed by atoms with E-state index in [0.29, 0.717) is 11.4 Å². The monoisotopic (exact) mass is 473 g/mol. The molecule has 0 radical (unpaired) electrons. The van der Waals surface area contributed by atoms with Crippen molar-refractivity contribution < 1.29 is 9.53 Å². The number of hydrogen-bond donors (Lipinski definition) is 2. The number of fused-ring (bicyclic) bond motifs is 1. The number of aromatic nitrogens is 5. The van der Waals surface area contributed by atoms with Crippen molar-refractivity contribution in [1.29, 1.82) is 0 Å². The fraction of sp³-hybridized carbons (Fsp3) is 0.385. The number of rotatable bonds is 7.